The van der Waals surface area contributed by atoms with Crippen LogP contribution in [0, 0.1) is 6.92 Å². The zero-order chi connectivity index (χ0) is 11.7. The molecule has 4 N–H and O–H groups in total. The van der Waals surface area contributed by atoms with E-state index in [4.69, 9.17) is 11.5 Å². The monoisotopic (exact) mass is 216 g/mol. The largest absolute Gasteiger partial charge is 0.382 e. The Balaban J connectivity index is 2.38. The molecule has 0 unspecified atom stereocenters. The SMILES string of the molecule is Cc1cn(-c2ccc(C(N)=O)cc2)nc1N. The Morgan fingerprint density at radius 2 is 1.94 bits per heavy atom. The standard InChI is InChI=1S/C11H12N4O/c1-7-6-15(14-10(7)12)9-4-2-8(3-5-9)11(13)16/h2-6H,1H3,(H2,12,14)(H2,13,16). The van der Waals surface area contributed by atoms with E-state index in [-0.39, 0.29) is 0 Å². The highest BCUT2D eigenvalue weighted by atomic mass is 16.1. The number of nitrogens with two attached hydrogens (primary N) is 2. The fourth-order valence-electron chi connectivity index (χ4n) is 1.38. The van der Waals surface area contributed by atoms with Gasteiger partial charge >= 0.3 is 0 Å². The van der Waals surface area contributed by atoms with Gasteiger partial charge in [0.25, 0.3) is 0 Å². The molecule has 0 radical (unpaired) electrons. The molecule has 2 aromatic rings. The maximum atomic E-state index is 10.9. The number of anilines is 1. The Morgan fingerprint density at radius 3 is 2.38 bits per heavy atom. The molecule has 0 saturated carbocycles. The number of carbonyl (C=O) groups excluding carboxylic acids is 1. The lowest BCUT2D eigenvalue weighted by molar-refractivity contribution is 0.100. The summed E-state index contributed by atoms with van der Waals surface area (Å²) in [6.07, 6.45) is 1.83. The second kappa shape index (κ2) is 3.69. The van der Waals surface area contributed by atoms with Crippen molar-refractivity contribution < 1.29 is 4.79 Å². The Kier molecular flexibility index (Phi) is 2.36. The van der Waals surface area contributed by atoms with Crippen molar-refractivity contribution >= 4 is 11.7 Å². The van der Waals surface area contributed by atoms with Crippen LogP contribution in [-0.4, -0.2) is 15.7 Å². The van der Waals surface area contributed by atoms with Crippen LogP contribution in [0.2, 0.25) is 0 Å². The first-order valence-corrected chi connectivity index (χ1v) is 4.80. The fraction of sp³-hybridized carbons (Fsp3) is 0.0909. The lowest BCUT2D eigenvalue weighted by Gasteiger charge is -2.01. The Morgan fingerprint density at radius 1 is 1.31 bits per heavy atom. The molecule has 0 spiro atoms. The van der Waals surface area contributed by atoms with Gasteiger partial charge in [-0.2, -0.15) is 5.10 Å². The average molecular weight is 216 g/mol. The number of benzene rings is 1. The molecule has 1 heterocycles. The van der Waals surface area contributed by atoms with Gasteiger partial charge in [-0.15, -0.1) is 0 Å². The summed E-state index contributed by atoms with van der Waals surface area (Å²) in [4.78, 5) is 10.9. The highest BCUT2D eigenvalue weighted by molar-refractivity contribution is 5.92. The summed E-state index contributed by atoms with van der Waals surface area (Å²) in [6, 6.07) is 6.85. The third-order valence-corrected chi connectivity index (χ3v) is 2.35. The van der Waals surface area contributed by atoms with Gasteiger partial charge in [0.2, 0.25) is 5.91 Å². The Hall–Kier alpha value is -2.30. The number of hydrogen-bond acceptors (Lipinski definition) is 3. The molecular formula is C11H12N4O. The van der Waals surface area contributed by atoms with E-state index in [0.29, 0.717) is 11.4 Å². The zero-order valence-electron chi connectivity index (χ0n) is 8.84. The summed E-state index contributed by atoms with van der Waals surface area (Å²) < 4.78 is 1.66. The number of carbonyl (C=O) groups is 1. The van der Waals surface area contributed by atoms with Crippen LogP contribution in [-0.2, 0) is 0 Å². The third-order valence-electron chi connectivity index (χ3n) is 2.35. The molecule has 0 atom stereocenters. The first kappa shape index (κ1) is 10.2. The van der Waals surface area contributed by atoms with Crippen LogP contribution in [0.25, 0.3) is 5.69 Å². The normalized spacial score (nSPS) is 10.3. The van der Waals surface area contributed by atoms with E-state index in [0.717, 1.165) is 11.3 Å². The average Bonchev–Trinajstić information content (AvgIpc) is 2.59. The number of aryl methyl sites for hydroxylation is 1. The predicted molar refractivity (Wildman–Crippen MR) is 61.2 cm³/mol. The summed E-state index contributed by atoms with van der Waals surface area (Å²) in [6.45, 7) is 1.89. The minimum absolute atomic E-state index is 0.442. The van der Waals surface area contributed by atoms with E-state index in [1.54, 1.807) is 28.9 Å². The smallest absolute Gasteiger partial charge is 0.248 e. The van der Waals surface area contributed by atoms with Gasteiger partial charge in [0.1, 0.15) is 5.82 Å². The molecule has 0 bridgehead atoms. The maximum Gasteiger partial charge on any atom is 0.248 e. The summed E-state index contributed by atoms with van der Waals surface area (Å²) in [5.74, 6) is 0.0571. The second-order valence-electron chi connectivity index (χ2n) is 3.55. The lowest BCUT2D eigenvalue weighted by atomic mass is 10.2. The summed E-state index contributed by atoms with van der Waals surface area (Å²) in [5, 5.41) is 4.13. The third kappa shape index (κ3) is 1.75. The number of nitrogens with zero attached hydrogens (tertiary/aromatic N) is 2. The minimum atomic E-state index is -0.442. The molecular weight excluding hydrogens is 204 g/mol. The van der Waals surface area contributed by atoms with Gasteiger partial charge in [0, 0.05) is 17.3 Å². The van der Waals surface area contributed by atoms with Crippen LogP contribution < -0.4 is 11.5 Å². The maximum absolute atomic E-state index is 10.9. The van der Waals surface area contributed by atoms with Gasteiger partial charge in [-0.3, -0.25) is 4.79 Å². The minimum Gasteiger partial charge on any atom is -0.382 e. The van der Waals surface area contributed by atoms with Gasteiger partial charge < -0.3 is 11.5 Å². The van der Waals surface area contributed by atoms with Gasteiger partial charge in [-0.1, -0.05) is 0 Å². The lowest BCUT2D eigenvalue weighted by Crippen LogP contribution is -2.10. The molecule has 1 amide bonds. The van der Waals surface area contributed by atoms with Gasteiger partial charge in [-0.25, -0.2) is 4.68 Å². The van der Waals surface area contributed by atoms with Crippen molar-refractivity contribution in [1.29, 1.82) is 0 Å². The zero-order valence-corrected chi connectivity index (χ0v) is 8.84. The van der Waals surface area contributed by atoms with Gasteiger partial charge in [-0.05, 0) is 31.2 Å². The number of hydrogen-bond donors (Lipinski definition) is 2. The van der Waals surface area contributed by atoms with E-state index in [1.807, 2.05) is 13.1 Å². The first-order chi connectivity index (χ1) is 7.58. The van der Waals surface area contributed by atoms with Crippen LogP contribution >= 0.6 is 0 Å². The second-order valence-corrected chi connectivity index (χ2v) is 3.55. The van der Waals surface area contributed by atoms with E-state index in [2.05, 4.69) is 5.10 Å². The van der Waals surface area contributed by atoms with Crippen LogP contribution in [0.15, 0.2) is 30.5 Å². The van der Waals surface area contributed by atoms with Crippen LogP contribution in [0.1, 0.15) is 15.9 Å². The Bertz CT molecular complexity index is 508. The summed E-state index contributed by atoms with van der Waals surface area (Å²) in [5.41, 5.74) is 13.0. The molecule has 16 heavy (non-hydrogen) atoms. The molecule has 1 aromatic carbocycles. The van der Waals surface area contributed by atoms with Crippen LogP contribution in [0.3, 0.4) is 0 Å². The Labute approximate surface area is 92.7 Å². The van der Waals surface area contributed by atoms with E-state index in [9.17, 15) is 4.79 Å². The predicted octanol–water partition coefficient (Wildman–Crippen LogP) is 0.862. The van der Waals surface area contributed by atoms with Crippen molar-refractivity contribution in [3.8, 4) is 5.69 Å². The molecule has 5 nitrogen and oxygen atoms in total. The van der Waals surface area contributed by atoms with E-state index in [1.165, 1.54) is 0 Å². The molecule has 82 valence electrons. The molecule has 0 fully saturated rings. The summed E-state index contributed by atoms with van der Waals surface area (Å²) >= 11 is 0. The number of rotatable bonds is 2. The topological polar surface area (TPSA) is 86.9 Å². The highest BCUT2D eigenvalue weighted by Gasteiger charge is 2.04. The molecule has 0 saturated heterocycles. The van der Waals surface area contributed by atoms with Crippen molar-refractivity contribution in [3.05, 3.63) is 41.6 Å². The van der Waals surface area contributed by atoms with Crippen LogP contribution in [0.4, 0.5) is 5.82 Å². The van der Waals surface area contributed by atoms with Gasteiger partial charge in [0.05, 0.1) is 5.69 Å². The molecule has 1 aromatic heterocycles. The fourth-order valence-corrected chi connectivity index (χ4v) is 1.38. The summed E-state index contributed by atoms with van der Waals surface area (Å²) in [7, 11) is 0. The van der Waals surface area contributed by atoms with E-state index < -0.39 is 5.91 Å². The molecule has 5 heteroatoms. The quantitative estimate of drug-likeness (QED) is 0.780. The van der Waals surface area contributed by atoms with Crippen molar-refractivity contribution in [2.24, 2.45) is 5.73 Å². The molecule has 0 aliphatic heterocycles. The van der Waals surface area contributed by atoms with Crippen molar-refractivity contribution in [2.45, 2.75) is 6.92 Å². The molecule has 2 rings (SSSR count). The van der Waals surface area contributed by atoms with Gasteiger partial charge in [0.15, 0.2) is 0 Å². The van der Waals surface area contributed by atoms with Crippen molar-refractivity contribution in [2.75, 3.05) is 5.73 Å². The van der Waals surface area contributed by atoms with Crippen molar-refractivity contribution in [3.63, 3.8) is 0 Å². The first-order valence-electron chi connectivity index (χ1n) is 4.80. The highest BCUT2D eigenvalue weighted by Crippen LogP contribution is 2.13. The number of amides is 1. The van der Waals surface area contributed by atoms with E-state index >= 15 is 0 Å². The number of nitrogen functional groups attached to an aromatic ring is 1. The molecule has 0 aliphatic carbocycles. The van der Waals surface area contributed by atoms with Crippen LogP contribution in [0.5, 0.6) is 0 Å². The number of primary amides is 1. The molecule has 0 aliphatic rings. The number of aromatic nitrogens is 2. The van der Waals surface area contributed by atoms with Crippen molar-refractivity contribution in [1.82, 2.24) is 9.78 Å².